The largest absolute Gasteiger partial charge is 0.512 e. The Balaban J connectivity index is 2.97. The fraction of sp³-hybridized carbons (Fsp3) is 0.214. The Morgan fingerprint density at radius 2 is 1.90 bits per heavy atom. The maximum absolute atomic E-state index is 12.2. The summed E-state index contributed by atoms with van der Waals surface area (Å²) >= 11 is 4.72. The van der Waals surface area contributed by atoms with Gasteiger partial charge in [0.15, 0.2) is 0 Å². The lowest BCUT2D eigenvalue weighted by atomic mass is 10.2. The van der Waals surface area contributed by atoms with Crippen molar-refractivity contribution in [2.45, 2.75) is 20.3 Å². The molecule has 3 N–H and O–H groups in total. The summed E-state index contributed by atoms with van der Waals surface area (Å²) in [5.74, 6) is -1.69. The number of nitrogens with zero attached hydrogens (tertiary/aromatic N) is 1. The lowest BCUT2D eigenvalue weighted by Crippen LogP contribution is -2.42. The summed E-state index contributed by atoms with van der Waals surface area (Å²) in [6, 6.07) is 8.11. The molecule has 0 aliphatic rings. The molecule has 6 nitrogen and oxygen atoms in total. The predicted octanol–water partition coefficient (Wildman–Crippen LogP) is 2.07. The van der Waals surface area contributed by atoms with E-state index in [0.717, 1.165) is 0 Å². The zero-order valence-electron chi connectivity index (χ0n) is 11.7. The average Bonchev–Trinajstić information content (AvgIpc) is 2.50. The van der Waals surface area contributed by atoms with Crippen molar-refractivity contribution in [3.05, 3.63) is 47.2 Å². The van der Waals surface area contributed by atoms with Gasteiger partial charge in [0.2, 0.25) is 5.11 Å². The molecule has 21 heavy (non-hydrogen) atoms. The number of thiocarbonyl (C=S) groups is 1. The third-order valence-electron chi connectivity index (χ3n) is 2.65. The third kappa shape index (κ3) is 4.28. The molecule has 0 aliphatic carbocycles. The number of nitrogens with two attached hydrogens (primary N) is 1. The SMILES string of the molecule is CCC(O)=C(C)C(=O)ON(C(=O)c1ccccc1)C(N)=S. The number of carbonyl (C=O) groups is 2. The summed E-state index contributed by atoms with van der Waals surface area (Å²) in [5.41, 5.74) is 5.66. The monoisotopic (exact) mass is 308 g/mol. The van der Waals surface area contributed by atoms with E-state index in [2.05, 4.69) is 0 Å². The highest BCUT2D eigenvalue weighted by molar-refractivity contribution is 7.80. The van der Waals surface area contributed by atoms with Gasteiger partial charge < -0.3 is 15.7 Å². The van der Waals surface area contributed by atoms with Gasteiger partial charge in [-0.05, 0) is 31.3 Å². The molecule has 0 fully saturated rings. The second-order valence-corrected chi connectivity index (χ2v) is 4.53. The smallest absolute Gasteiger partial charge is 0.362 e. The van der Waals surface area contributed by atoms with Crippen LogP contribution < -0.4 is 5.73 Å². The molecule has 0 aliphatic heterocycles. The maximum atomic E-state index is 12.2. The third-order valence-corrected chi connectivity index (χ3v) is 2.82. The summed E-state index contributed by atoms with van der Waals surface area (Å²) in [6.07, 6.45) is 0.265. The molecule has 0 unspecified atom stereocenters. The number of aliphatic hydroxyl groups is 1. The normalized spacial score (nSPS) is 11.3. The van der Waals surface area contributed by atoms with E-state index in [1.54, 1.807) is 25.1 Å². The summed E-state index contributed by atoms with van der Waals surface area (Å²) in [7, 11) is 0. The van der Waals surface area contributed by atoms with Crippen LogP contribution in [0.3, 0.4) is 0 Å². The van der Waals surface area contributed by atoms with Crippen LogP contribution >= 0.6 is 12.2 Å². The quantitative estimate of drug-likeness (QED) is 0.384. The number of rotatable bonds is 3. The van der Waals surface area contributed by atoms with E-state index in [1.807, 2.05) is 0 Å². The first-order chi connectivity index (χ1) is 9.88. The number of benzene rings is 1. The van der Waals surface area contributed by atoms with E-state index in [0.29, 0.717) is 5.06 Å². The van der Waals surface area contributed by atoms with Crippen molar-refractivity contribution in [3.8, 4) is 0 Å². The van der Waals surface area contributed by atoms with E-state index in [-0.39, 0.29) is 23.3 Å². The van der Waals surface area contributed by atoms with Gasteiger partial charge in [-0.25, -0.2) is 4.79 Å². The topological polar surface area (TPSA) is 92.9 Å². The van der Waals surface area contributed by atoms with Crippen molar-refractivity contribution in [2.75, 3.05) is 0 Å². The van der Waals surface area contributed by atoms with Crippen LogP contribution in [0.5, 0.6) is 0 Å². The standard InChI is InChI=1S/C14H16N2O4S/c1-3-11(17)9(2)13(19)20-16(14(15)21)12(18)10-7-5-4-6-8-10/h4-8,17H,3H2,1-2H3,(H2,15,21). The molecule has 0 atom stereocenters. The fourth-order valence-electron chi connectivity index (χ4n) is 1.42. The molecular formula is C14H16N2O4S. The summed E-state index contributed by atoms with van der Waals surface area (Å²) in [6.45, 7) is 3.05. The first kappa shape index (κ1) is 16.6. The number of carbonyl (C=O) groups excluding carboxylic acids is 2. The molecule has 0 heterocycles. The lowest BCUT2D eigenvalue weighted by molar-refractivity contribution is -0.160. The van der Waals surface area contributed by atoms with E-state index in [1.165, 1.54) is 19.1 Å². The zero-order chi connectivity index (χ0) is 16.0. The van der Waals surface area contributed by atoms with Gasteiger partial charge in [0.25, 0.3) is 5.91 Å². The van der Waals surface area contributed by atoms with Gasteiger partial charge >= 0.3 is 5.97 Å². The van der Waals surface area contributed by atoms with E-state index < -0.39 is 17.0 Å². The van der Waals surface area contributed by atoms with Crippen LogP contribution in [0.1, 0.15) is 30.6 Å². The van der Waals surface area contributed by atoms with Crippen LogP contribution in [0.2, 0.25) is 0 Å². The number of amides is 1. The van der Waals surface area contributed by atoms with Crippen LogP contribution in [-0.2, 0) is 9.63 Å². The summed E-state index contributed by atoms with van der Waals surface area (Å²) < 4.78 is 0. The van der Waals surface area contributed by atoms with Gasteiger partial charge in [0, 0.05) is 12.0 Å². The molecule has 1 amide bonds. The second-order valence-electron chi connectivity index (χ2n) is 4.11. The van der Waals surface area contributed by atoms with Crippen molar-refractivity contribution in [2.24, 2.45) is 5.73 Å². The molecular weight excluding hydrogens is 292 g/mol. The Hall–Kier alpha value is -2.41. The number of aliphatic hydroxyl groups excluding tert-OH is 1. The Morgan fingerprint density at radius 1 is 1.33 bits per heavy atom. The Kier molecular flexibility index (Phi) is 5.86. The van der Waals surface area contributed by atoms with E-state index in [4.69, 9.17) is 22.8 Å². The zero-order valence-corrected chi connectivity index (χ0v) is 12.5. The fourth-order valence-corrected chi connectivity index (χ4v) is 1.54. The number of hydroxylamine groups is 2. The molecule has 7 heteroatoms. The Morgan fingerprint density at radius 3 is 2.38 bits per heavy atom. The van der Waals surface area contributed by atoms with Crippen LogP contribution in [0.25, 0.3) is 0 Å². The number of hydrogen-bond donors (Lipinski definition) is 2. The molecule has 0 aromatic heterocycles. The Bertz CT molecular complexity index is 584. The van der Waals surface area contributed by atoms with Crippen LogP contribution in [0.4, 0.5) is 0 Å². The molecule has 0 spiro atoms. The van der Waals surface area contributed by atoms with Gasteiger partial charge in [0.05, 0.1) is 5.57 Å². The molecule has 0 bridgehead atoms. The van der Waals surface area contributed by atoms with Crippen molar-refractivity contribution >= 4 is 29.2 Å². The molecule has 0 saturated heterocycles. The molecule has 0 saturated carbocycles. The van der Waals surface area contributed by atoms with E-state index >= 15 is 0 Å². The van der Waals surface area contributed by atoms with Gasteiger partial charge in [-0.1, -0.05) is 25.1 Å². The Labute approximate surface area is 127 Å². The highest BCUT2D eigenvalue weighted by atomic mass is 32.1. The number of allylic oxidation sites excluding steroid dienone is 1. The molecule has 112 valence electrons. The number of hydrogen-bond acceptors (Lipinski definition) is 5. The summed E-state index contributed by atoms with van der Waals surface area (Å²) in [5, 5.41) is 9.64. The minimum Gasteiger partial charge on any atom is -0.512 e. The first-order valence-corrected chi connectivity index (χ1v) is 6.59. The van der Waals surface area contributed by atoms with Crippen molar-refractivity contribution in [1.29, 1.82) is 0 Å². The first-order valence-electron chi connectivity index (χ1n) is 6.18. The van der Waals surface area contributed by atoms with Crippen molar-refractivity contribution < 1.29 is 19.5 Å². The molecule has 1 aromatic carbocycles. The second kappa shape index (κ2) is 7.39. The van der Waals surface area contributed by atoms with Crippen LogP contribution in [0.15, 0.2) is 41.7 Å². The minimum absolute atomic E-state index is 0.0142. The maximum Gasteiger partial charge on any atom is 0.362 e. The van der Waals surface area contributed by atoms with Crippen molar-refractivity contribution in [3.63, 3.8) is 0 Å². The van der Waals surface area contributed by atoms with Crippen molar-refractivity contribution in [1.82, 2.24) is 5.06 Å². The lowest BCUT2D eigenvalue weighted by Gasteiger charge is -2.19. The van der Waals surface area contributed by atoms with Crippen LogP contribution in [-0.4, -0.2) is 27.2 Å². The van der Waals surface area contributed by atoms with Gasteiger partial charge in [-0.2, -0.15) is 0 Å². The summed E-state index contributed by atoms with van der Waals surface area (Å²) in [4.78, 5) is 28.9. The highest BCUT2D eigenvalue weighted by Gasteiger charge is 2.24. The van der Waals surface area contributed by atoms with Crippen LogP contribution in [0, 0.1) is 0 Å². The molecule has 1 rings (SSSR count). The van der Waals surface area contributed by atoms with Gasteiger partial charge in [-0.15, -0.1) is 5.06 Å². The minimum atomic E-state index is -0.897. The van der Waals surface area contributed by atoms with E-state index in [9.17, 15) is 14.7 Å². The highest BCUT2D eigenvalue weighted by Crippen LogP contribution is 2.11. The predicted molar refractivity (Wildman–Crippen MR) is 81.1 cm³/mol. The molecule has 1 aromatic rings. The van der Waals surface area contributed by atoms with Gasteiger partial charge in [0.1, 0.15) is 5.76 Å². The molecule has 0 radical (unpaired) electrons. The van der Waals surface area contributed by atoms with Gasteiger partial charge in [-0.3, -0.25) is 4.79 Å². The average molecular weight is 308 g/mol.